The summed E-state index contributed by atoms with van der Waals surface area (Å²) in [5.74, 6) is -1.38. The molecule has 1 fully saturated rings. The molecule has 0 bridgehead atoms. The summed E-state index contributed by atoms with van der Waals surface area (Å²) in [7, 11) is -3.72. The zero-order valence-corrected chi connectivity index (χ0v) is 18.9. The Bertz CT molecular complexity index is 1080. The molecule has 31 heavy (non-hydrogen) atoms. The van der Waals surface area contributed by atoms with Gasteiger partial charge >= 0.3 is 5.97 Å². The van der Waals surface area contributed by atoms with E-state index < -0.39 is 28.5 Å². The van der Waals surface area contributed by atoms with E-state index in [-0.39, 0.29) is 33.6 Å². The molecule has 1 aliphatic heterocycles. The number of carbonyl (C=O) groups is 2. The SMILES string of the molecule is Cc1ccc(S(=O)(=O)N2CCOCC2)cc1NC(=O)COC(=O)c1cc(Cl)cc(Cl)c1. The van der Waals surface area contributed by atoms with Gasteiger partial charge in [-0.25, -0.2) is 13.2 Å². The average molecular weight is 487 g/mol. The number of hydrogen-bond donors (Lipinski definition) is 1. The minimum Gasteiger partial charge on any atom is -0.452 e. The Hall–Kier alpha value is -2.17. The van der Waals surface area contributed by atoms with Crippen LogP contribution in [0.25, 0.3) is 0 Å². The van der Waals surface area contributed by atoms with Crippen molar-refractivity contribution in [2.75, 3.05) is 38.2 Å². The number of halogens is 2. The van der Waals surface area contributed by atoms with Gasteiger partial charge in [-0.2, -0.15) is 4.31 Å². The largest absolute Gasteiger partial charge is 0.452 e. The second kappa shape index (κ2) is 9.97. The fourth-order valence-electron chi connectivity index (χ4n) is 2.90. The maximum Gasteiger partial charge on any atom is 0.338 e. The predicted molar refractivity (Wildman–Crippen MR) is 116 cm³/mol. The van der Waals surface area contributed by atoms with Crippen molar-refractivity contribution in [3.8, 4) is 0 Å². The van der Waals surface area contributed by atoms with Gasteiger partial charge in [-0.15, -0.1) is 0 Å². The van der Waals surface area contributed by atoms with E-state index in [1.54, 1.807) is 13.0 Å². The number of esters is 1. The fraction of sp³-hybridized carbons (Fsp3) is 0.300. The van der Waals surface area contributed by atoms with Crippen molar-refractivity contribution in [3.63, 3.8) is 0 Å². The molecule has 0 atom stereocenters. The molecule has 1 amide bonds. The molecule has 0 radical (unpaired) electrons. The lowest BCUT2D eigenvalue weighted by Gasteiger charge is -2.26. The van der Waals surface area contributed by atoms with E-state index in [1.807, 2.05) is 0 Å². The van der Waals surface area contributed by atoms with Crippen LogP contribution in [0.5, 0.6) is 0 Å². The van der Waals surface area contributed by atoms with Crippen molar-refractivity contribution < 1.29 is 27.5 Å². The zero-order chi connectivity index (χ0) is 22.6. The predicted octanol–water partition coefficient (Wildman–Crippen LogP) is 3.12. The molecule has 1 saturated heterocycles. The third kappa shape index (κ3) is 5.96. The number of ether oxygens (including phenoxy) is 2. The summed E-state index contributed by atoms with van der Waals surface area (Å²) in [6.07, 6.45) is 0. The van der Waals surface area contributed by atoms with Crippen molar-refractivity contribution in [1.29, 1.82) is 0 Å². The lowest BCUT2D eigenvalue weighted by atomic mass is 10.2. The highest BCUT2D eigenvalue weighted by molar-refractivity contribution is 7.89. The molecule has 1 N–H and O–H groups in total. The molecule has 3 rings (SSSR count). The molecule has 8 nitrogen and oxygen atoms in total. The first-order chi connectivity index (χ1) is 14.7. The number of amides is 1. The van der Waals surface area contributed by atoms with Crippen LogP contribution >= 0.6 is 23.2 Å². The van der Waals surface area contributed by atoms with Crippen LogP contribution in [0, 0.1) is 6.92 Å². The summed E-state index contributed by atoms with van der Waals surface area (Å²) in [5, 5.41) is 3.10. The van der Waals surface area contributed by atoms with Crippen LogP contribution in [-0.2, 0) is 24.3 Å². The molecule has 166 valence electrons. The van der Waals surface area contributed by atoms with E-state index in [1.165, 1.54) is 34.6 Å². The van der Waals surface area contributed by atoms with Crippen LogP contribution in [0.4, 0.5) is 5.69 Å². The number of anilines is 1. The van der Waals surface area contributed by atoms with Gasteiger partial charge < -0.3 is 14.8 Å². The fourth-order valence-corrected chi connectivity index (χ4v) is 4.87. The Morgan fingerprint density at radius 2 is 1.74 bits per heavy atom. The highest BCUT2D eigenvalue weighted by atomic mass is 35.5. The van der Waals surface area contributed by atoms with Gasteiger partial charge in [-0.3, -0.25) is 4.79 Å². The molecule has 0 saturated carbocycles. The number of benzene rings is 2. The first-order valence-corrected chi connectivity index (χ1v) is 11.5. The Morgan fingerprint density at radius 1 is 1.10 bits per heavy atom. The third-order valence-corrected chi connectivity index (χ3v) is 6.85. The molecule has 0 spiro atoms. The zero-order valence-electron chi connectivity index (χ0n) is 16.6. The molecule has 0 aromatic heterocycles. The van der Waals surface area contributed by atoms with Crippen LogP contribution in [0.15, 0.2) is 41.3 Å². The topological polar surface area (TPSA) is 102 Å². The Kier molecular flexibility index (Phi) is 7.55. The van der Waals surface area contributed by atoms with Crippen LogP contribution in [0.2, 0.25) is 10.0 Å². The lowest BCUT2D eigenvalue weighted by Crippen LogP contribution is -2.40. The normalized spacial score (nSPS) is 14.8. The lowest BCUT2D eigenvalue weighted by molar-refractivity contribution is -0.119. The number of nitrogens with one attached hydrogen (secondary N) is 1. The van der Waals surface area contributed by atoms with Gasteiger partial charge in [-0.1, -0.05) is 29.3 Å². The molecule has 0 unspecified atom stereocenters. The number of rotatable bonds is 6. The molecule has 1 heterocycles. The summed E-state index contributed by atoms with van der Waals surface area (Å²) in [6.45, 7) is 2.35. The molecular formula is C20H20Cl2N2O6S. The molecule has 11 heteroatoms. The van der Waals surface area contributed by atoms with Crippen molar-refractivity contribution in [1.82, 2.24) is 4.31 Å². The summed E-state index contributed by atoms with van der Waals surface area (Å²) < 4.78 is 37.2. The van der Waals surface area contributed by atoms with E-state index >= 15 is 0 Å². The van der Waals surface area contributed by atoms with Crippen molar-refractivity contribution in [3.05, 3.63) is 57.6 Å². The molecular weight excluding hydrogens is 467 g/mol. The van der Waals surface area contributed by atoms with Gasteiger partial charge in [0.15, 0.2) is 6.61 Å². The highest BCUT2D eigenvalue weighted by Gasteiger charge is 2.27. The molecule has 2 aromatic rings. The Labute approximate surface area is 190 Å². The van der Waals surface area contributed by atoms with Crippen LogP contribution in [0.1, 0.15) is 15.9 Å². The van der Waals surface area contributed by atoms with Gasteiger partial charge in [0.05, 0.1) is 23.7 Å². The van der Waals surface area contributed by atoms with E-state index in [0.29, 0.717) is 24.5 Å². The maximum absolute atomic E-state index is 12.8. The number of sulfonamides is 1. The van der Waals surface area contributed by atoms with E-state index in [4.69, 9.17) is 32.7 Å². The summed E-state index contributed by atoms with van der Waals surface area (Å²) in [6, 6.07) is 8.68. The summed E-state index contributed by atoms with van der Waals surface area (Å²) in [5.41, 5.74) is 1.07. The van der Waals surface area contributed by atoms with Gasteiger partial charge in [0.2, 0.25) is 10.0 Å². The number of carbonyl (C=O) groups excluding carboxylic acids is 2. The van der Waals surface area contributed by atoms with Crippen molar-refractivity contribution in [2.45, 2.75) is 11.8 Å². The van der Waals surface area contributed by atoms with E-state index in [2.05, 4.69) is 5.32 Å². The molecule has 1 aliphatic rings. The number of aryl methyl sites for hydroxylation is 1. The van der Waals surface area contributed by atoms with Crippen molar-refractivity contribution >= 4 is 50.8 Å². The van der Waals surface area contributed by atoms with Gasteiger partial charge in [0.1, 0.15) is 0 Å². The number of hydrogen-bond acceptors (Lipinski definition) is 6. The second-order valence-corrected chi connectivity index (χ2v) is 9.59. The number of nitrogens with zero attached hydrogens (tertiary/aromatic N) is 1. The maximum atomic E-state index is 12.8. The monoisotopic (exact) mass is 486 g/mol. The van der Waals surface area contributed by atoms with Crippen molar-refractivity contribution in [2.24, 2.45) is 0 Å². The van der Waals surface area contributed by atoms with Crippen LogP contribution in [0.3, 0.4) is 0 Å². The molecule has 2 aromatic carbocycles. The number of morpholine rings is 1. The third-order valence-electron chi connectivity index (χ3n) is 4.52. The van der Waals surface area contributed by atoms with Crippen LogP contribution in [-0.4, -0.2) is 57.5 Å². The Morgan fingerprint density at radius 3 is 2.39 bits per heavy atom. The summed E-state index contributed by atoms with van der Waals surface area (Å²) >= 11 is 11.7. The second-order valence-electron chi connectivity index (χ2n) is 6.78. The first kappa shape index (κ1) is 23.5. The quantitative estimate of drug-likeness (QED) is 0.629. The summed E-state index contributed by atoms with van der Waals surface area (Å²) in [4.78, 5) is 24.5. The minimum absolute atomic E-state index is 0.0564. The minimum atomic E-state index is -3.72. The Balaban J connectivity index is 1.67. The standard InChI is InChI=1S/C20H20Cl2N2O6S/c1-13-2-3-17(31(27,28)24-4-6-29-7-5-24)11-18(13)23-19(25)12-30-20(26)14-8-15(21)10-16(22)9-14/h2-3,8-11H,4-7,12H2,1H3,(H,23,25). The highest BCUT2D eigenvalue weighted by Crippen LogP contribution is 2.24. The van der Waals surface area contributed by atoms with Gasteiger partial charge in [0, 0.05) is 28.8 Å². The van der Waals surface area contributed by atoms with E-state index in [9.17, 15) is 18.0 Å². The smallest absolute Gasteiger partial charge is 0.338 e. The average Bonchev–Trinajstić information content (AvgIpc) is 2.73. The molecule has 0 aliphatic carbocycles. The van der Waals surface area contributed by atoms with E-state index in [0.717, 1.165) is 0 Å². The van der Waals surface area contributed by atoms with Gasteiger partial charge in [-0.05, 0) is 42.8 Å². The van der Waals surface area contributed by atoms with Gasteiger partial charge in [0.25, 0.3) is 5.91 Å². The van der Waals surface area contributed by atoms with Crippen LogP contribution < -0.4 is 5.32 Å². The first-order valence-electron chi connectivity index (χ1n) is 9.28.